The van der Waals surface area contributed by atoms with E-state index in [2.05, 4.69) is 69.1 Å². The molecule has 2 aliphatic carbocycles. The second-order valence-corrected chi connectivity index (χ2v) is 17.0. The number of methoxy groups -OCH3 is 2. The zero-order valence-corrected chi connectivity index (χ0v) is 34.0. The topological polar surface area (TPSA) is 175 Å². The number of likely N-dealkylation sites (tertiary alicyclic amines) is 2. The van der Waals surface area contributed by atoms with Crippen LogP contribution in [0, 0.1) is 23.7 Å². The molecule has 2 saturated carbocycles. The molecule has 4 fully saturated rings. The fourth-order valence-electron chi connectivity index (χ4n) is 9.13. The highest BCUT2D eigenvalue weighted by molar-refractivity contribution is 5.88. The van der Waals surface area contributed by atoms with Crippen molar-refractivity contribution in [3.05, 3.63) is 72.6 Å². The van der Waals surface area contributed by atoms with Gasteiger partial charge in [-0.15, -0.1) is 0 Å². The third kappa shape index (κ3) is 7.68. The van der Waals surface area contributed by atoms with Crippen LogP contribution in [-0.2, 0) is 19.1 Å². The number of benzene rings is 2. The van der Waals surface area contributed by atoms with Gasteiger partial charge in [0.15, 0.2) is 0 Å². The number of ether oxygens (including phenoxy) is 2. The van der Waals surface area contributed by atoms with Gasteiger partial charge in [-0.25, -0.2) is 19.6 Å². The van der Waals surface area contributed by atoms with Gasteiger partial charge in [-0.3, -0.25) is 9.59 Å². The second kappa shape index (κ2) is 15.9. The first-order chi connectivity index (χ1) is 27.9. The summed E-state index contributed by atoms with van der Waals surface area (Å²) >= 11 is 0. The maximum absolute atomic E-state index is 13.9. The van der Waals surface area contributed by atoms with E-state index in [9.17, 15) is 19.2 Å². The zero-order valence-electron chi connectivity index (χ0n) is 34.0. The number of nitrogens with zero attached hydrogens (tertiary/aromatic N) is 4. The van der Waals surface area contributed by atoms with Gasteiger partial charge >= 0.3 is 12.2 Å². The lowest BCUT2D eigenvalue weighted by Crippen LogP contribution is -2.54. The quantitative estimate of drug-likeness (QED) is 0.126. The van der Waals surface area contributed by atoms with Crippen molar-refractivity contribution in [1.82, 2.24) is 40.4 Å². The molecule has 8 rings (SSSR count). The monoisotopic (exact) mass is 790 g/mol. The van der Waals surface area contributed by atoms with Crippen LogP contribution in [0.3, 0.4) is 0 Å². The van der Waals surface area contributed by atoms with Gasteiger partial charge in [-0.1, -0.05) is 76.2 Å². The minimum Gasteiger partial charge on any atom is -0.453 e. The van der Waals surface area contributed by atoms with E-state index in [0.29, 0.717) is 11.8 Å². The largest absolute Gasteiger partial charge is 0.453 e. The third-order valence-electron chi connectivity index (χ3n) is 12.6. The van der Waals surface area contributed by atoms with Crippen LogP contribution >= 0.6 is 0 Å². The molecule has 4 N–H and O–H groups in total. The number of amides is 4. The number of carbonyl (C=O) groups excluding carboxylic acids is 4. The summed E-state index contributed by atoms with van der Waals surface area (Å²) in [5.74, 6) is 2.12. The maximum atomic E-state index is 13.9. The van der Waals surface area contributed by atoms with Crippen LogP contribution in [0.25, 0.3) is 33.6 Å². The molecule has 4 amide bonds. The van der Waals surface area contributed by atoms with E-state index in [1.165, 1.54) is 14.2 Å². The van der Waals surface area contributed by atoms with E-state index in [1.54, 1.807) is 0 Å². The Kier molecular flexibility index (Phi) is 10.8. The first-order valence-electron chi connectivity index (χ1n) is 20.6. The van der Waals surface area contributed by atoms with Gasteiger partial charge < -0.3 is 39.9 Å². The molecule has 0 radical (unpaired) electrons. The number of aromatic nitrogens is 4. The van der Waals surface area contributed by atoms with E-state index in [-0.39, 0.29) is 47.8 Å². The third-order valence-corrected chi connectivity index (χ3v) is 12.6. The number of hydrogen-bond acceptors (Lipinski definition) is 8. The van der Waals surface area contributed by atoms with Gasteiger partial charge in [-0.05, 0) is 84.5 Å². The van der Waals surface area contributed by atoms with Crippen LogP contribution in [0.15, 0.2) is 60.9 Å². The van der Waals surface area contributed by atoms with Crippen LogP contribution in [0.5, 0.6) is 0 Å². The van der Waals surface area contributed by atoms with E-state index < -0.39 is 24.3 Å². The van der Waals surface area contributed by atoms with E-state index in [1.807, 2.05) is 49.9 Å². The molecule has 14 heteroatoms. The van der Waals surface area contributed by atoms with Crippen molar-refractivity contribution in [2.24, 2.45) is 23.7 Å². The van der Waals surface area contributed by atoms with Gasteiger partial charge in [0, 0.05) is 12.1 Å². The smallest absolute Gasteiger partial charge is 0.407 e. The van der Waals surface area contributed by atoms with E-state index in [0.717, 1.165) is 83.8 Å². The molecule has 58 heavy (non-hydrogen) atoms. The Labute approximate surface area is 338 Å². The molecule has 2 aromatic heterocycles. The summed E-state index contributed by atoms with van der Waals surface area (Å²) in [6.07, 6.45) is 8.10. The molecule has 4 aromatic rings. The second-order valence-electron chi connectivity index (χ2n) is 17.0. The van der Waals surface area contributed by atoms with Crippen LogP contribution < -0.4 is 10.6 Å². The van der Waals surface area contributed by atoms with Gasteiger partial charge in [0.25, 0.3) is 0 Å². The highest BCUT2D eigenvalue weighted by Crippen LogP contribution is 2.51. The van der Waals surface area contributed by atoms with Crippen molar-refractivity contribution in [3.63, 3.8) is 0 Å². The Morgan fingerprint density at radius 3 is 1.31 bits per heavy atom. The fourth-order valence-corrected chi connectivity index (χ4v) is 9.13. The molecule has 2 aliphatic heterocycles. The number of fused-ring (bicyclic) bond motifs is 2. The minimum absolute atomic E-state index is 0.0934. The number of alkyl carbamates (subject to hydrolysis) is 2. The Hall–Kier alpha value is -5.66. The van der Waals surface area contributed by atoms with Crippen molar-refractivity contribution in [2.75, 3.05) is 14.2 Å². The zero-order chi connectivity index (χ0) is 40.8. The summed E-state index contributed by atoms with van der Waals surface area (Å²) < 4.78 is 9.64. The van der Waals surface area contributed by atoms with Gasteiger partial charge in [0.05, 0.1) is 50.1 Å². The lowest BCUT2D eigenvalue weighted by atomic mass is 9.97. The number of piperidine rings is 2. The molecule has 2 saturated heterocycles. The standard InChI is InChI=1S/C44H54N8O6/c1-23(2)37(49-43(55)57-5)41(53)51-33(17-15-29-19-35(29)51)39-45-21-31(47-39)27-11-7-25(8-12-27)26-9-13-28(14-10-26)32-22-46-40(48-32)34-18-16-30-20-36(30)52(34)42(54)38(24(3)4)50-44(56)58-6/h7-14,21-24,29-30,33-38H,15-20H2,1-6H3,(H,45,47)(H,46,48)(H,49,55)(H,50,56)/t29?,30?,33-,34?,35?,36?,37-,38-/m0/s1. The van der Waals surface area contributed by atoms with Gasteiger partial charge in [0.1, 0.15) is 23.7 Å². The molecule has 5 unspecified atom stereocenters. The normalized spacial score (nSPS) is 24.3. The maximum Gasteiger partial charge on any atom is 0.407 e. The van der Waals surface area contributed by atoms with Crippen LogP contribution in [-0.4, -0.2) is 92.1 Å². The highest BCUT2D eigenvalue weighted by Gasteiger charge is 2.53. The van der Waals surface area contributed by atoms with E-state index >= 15 is 0 Å². The molecular weight excluding hydrogens is 737 g/mol. The number of aromatic amines is 2. The Balaban J connectivity index is 0.944. The van der Waals surface area contributed by atoms with Gasteiger partial charge in [0.2, 0.25) is 11.8 Å². The average Bonchev–Trinajstić information content (AvgIpc) is 4.09. The van der Waals surface area contributed by atoms with Crippen molar-refractivity contribution in [1.29, 1.82) is 0 Å². The highest BCUT2D eigenvalue weighted by atomic mass is 16.5. The molecule has 4 aliphatic rings. The molecule has 2 aromatic carbocycles. The SMILES string of the molecule is COC(=O)N[C@H](C(=O)N1C(c2ncc(-c3ccc(-c4ccc(-c5cnc([C@@H]6CCC7CC7N6C(=O)[C@@H](NC(=O)OC)C(C)C)[nH]5)cc4)cc3)[nH]2)CCC2CC21)C(C)C. The average molecular weight is 791 g/mol. The number of imidazole rings is 2. The van der Waals surface area contributed by atoms with Gasteiger partial charge in [-0.2, -0.15) is 0 Å². The van der Waals surface area contributed by atoms with Crippen molar-refractivity contribution in [3.8, 4) is 33.6 Å². The first kappa shape index (κ1) is 39.2. The Morgan fingerprint density at radius 2 is 0.966 bits per heavy atom. The van der Waals surface area contributed by atoms with Crippen molar-refractivity contribution < 1.29 is 28.7 Å². The number of H-pyrrole nitrogens is 2. The molecule has 0 bridgehead atoms. The summed E-state index contributed by atoms with van der Waals surface area (Å²) in [7, 11) is 2.61. The molecule has 8 atom stereocenters. The predicted octanol–water partition coefficient (Wildman–Crippen LogP) is 7.00. The van der Waals surface area contributed by atoms with Crippen LogP contribution in [0.4, 0.5) is 9.59 Å². The van der Waals surface area contributed by atoms with Crippen LogP contribution in [0.1, 0.15) is 90.0 Å². The fraction of sp³-hybridized carbons (Fsp3) is 0.500. The van der Waals surface area contributed by atoms with Crippen LogP contribution in [0.2, 0.25) is 0 Å². The Bertz CT molecular complexity index is 1990. The summed E-state index contributed by atoms with van der Waals surface area (Å²) in [6, 6.07) is 15.2. The number of nitrogens with one attached hydrogen (secondary N) is 4. The molecule has 306 valence electrons. The summed E-state index contributed by atoms with van der Waals surface area (Å²) in [4.78, 5) is 72.6. The Morgan fingerprint density at radius 1 is 0.603 bits per heavy atom. The predicted molar refractivity (Wildman–Crippen MR) is 217 cm³/mol. The minimum atomic E-state index is -0.681. The molecule has 4 heterocycles. The van der Waals surface area contributed by atoms with Crippen molar-refractivity contribution in [2.45, 2.75) is 102 Å². The summed E-state index contributed by atoms with van der Waals surface area (Å²) in [5, 5.41) is 5.51. The first-order valence-corrected chi connectivity index (χ1v) is 20.6. The summed E-state index contributed by atoms with van der Waals surface area (Å²) in [6.45, 7) is 7.71. The molecular formula is C44H54N8O6. The lowest BCUT2D eigenvalue weighted by Gasteiger charge is -2.37. The number of carbonyl (C=O) groups is 4. The van der Waals surface area contributed by atoms with E-state index in [4.69, 9.17) is 19.4 Å². The van der Waals surface area contributed by atoms with Crippen molar-refractivity contribution >= 4 is 24.0 Å². The number of hydrogen-bond donors (Lipinski definition) is 4. The molecule has 14 nitrogen and oxygen atoms in total. The number of rotatable bonds is 11. The summed E-state index contributed by atoms with van der Waals surface area (Å²) in [5.41, 5.74) is 5.86. The lowest BCUT2D eigenvalue weighted by molar-refractivity contribution is -0.140. The molecule has 0 spiro atoms.